The van der Waals surface area contributed by atoms with E-state index < -0.39 is 26.8 Å². The molecule has 0 saturated heterocycles. The average Bonchev–Trinajstić information content (AvgIpc) is 3.25. The molecule has 0 radical (unpaired) electrons. The molecule has 1 aromatic heterocycles. The van der Waals surface area contributed by atoms with Crippen LogP contribution in [0.3, 0.4) is 0 Å². The van der Waals surface area contributed by atoms with E-state index in [4.69, 9.17) is 15.5 Å². The molecule has 0 amide bonds. The van der Waals surface area contributed by atoms with Gasteiger partial charge in [-0.05, 0) is 71.0 Å². The van der Waals surface area contributed by atoms with Crippen LogP contribution in [0.25, 0.3) is 10.9 Å². The van der Waals surface area contributed by atoms with E-state index >= 15 is 0 Å². The molecule has 0 aliphatic carbocycles. The van der Waals surface area contributed by atoms with Crippen molar-refractivity contribution >= 4 is 44.0 Å². The van der Waals surface area contributed by atoms with E-state index in [0.29, 0.717) is 39.1 Å². The number of nitrogens with two attached hydrogens (primary N) is 1. The molecule has 0 bridgehead atoms. The van der Waals surface area contributed by atoms with Crippen molar-refractivity contribution in [2.75, 3.05) is 17.5 Å². The number of carbonyl (C=O) groups excluding carboxylic acids is 1. The minimum atomic E-state index is -3.64. The Balaban J connectivity index is 1.82. The van der Waals surface area contributed by atoms with E-state index in [1.165, 1.54) is 4.31 Å². The normalized spacial score (nSPS) is 12.6. The number of aromatic nitrogens is 1. The zero-order chi connectivity index (χ0) is 29.9. The van der Waals surface area contributed by atoms with Gasteiger partial charge in [-0.3, -0.25) is 4.31 Å². The molecule has 0 fully saturated rings. The molecule has 10 heteroatoms. The molecule has 0 spiro atoms. The number of nitrogens with zero attached hydrogens (tertiary/aromatic N) is 2. The van der Waals surface area contributed by atoms with Crippen molar-refractivity contribution in [2.45, 2.75) is 45.4 Å². The summed E-state index contributed by atoms with van der Waals surface area (Å²) in [6.07, 6.45) is 0. The maximum absolute atomic E-state index is 13.2. The van der Waals surface area contributed by atoms with Gasteiger partial charge in [-0.25, -0.2) is 18.2 Å². The molecule has 0 atom stereocenters. The lowest BCUT2D eigenvalue weighted by molar-refractivity contribution is 0.0526. The van der Waals surface area contributed by atoms with Gasteiger partial charge >= 0.3 is 5.97 Å². The molecule has 9 nitrogen and oxygen atoms in total. The van der Waals surface area contributed by atoms with Gasteiger partial charge in [0.05, 0.1) is 46.6 Å². The van der Waals surface area contributed by atoms with E-state index in [-0.39, 0.29) is 19.0 Å². The molecular formula is C31H36N4O5S. The Morgan fingerprint density at radius 2 is 1.71 bits per heavy atom. The molecule has 41 heavy (non-hydrogen) atoms. The van der Waals surface area contributed by atoms with Gasteiger partial charge in [-0.15, -0.1) is 0 Å². The number of H-pyrrole nitrogens is 1. The third-order valence-electron chi connectivity index (χ3n) is 6.41. The number of aliphatic imine (C=N–C) groups is 1. The maximum atomic E-state index is 13.2. The molecular weight excluding hydrogens is 540 g/mol. The number of hydrogen-bond acceptors (Lipinski definition) is 7. The number of aromatic hydroxyl groups is 1. The van der Waals surface area contributed by atoms with Gasteiger partial charge in [0.2, 0.25) is 10.0 Å². The summed E-state index contributed by atoms with van der Waals surface area (Å²) in [5.74, 6) is -0.548. The number of sulfonamides is 1. The Labute approximate surface area is 240 Å². The molecule has 0 unspecified atom stereocenters. The van der Waals surface area contributed by atoms with Crippen LogP contribution in [0, 0.1) is 0 Å². The molecule has 4 rings (SSSR count). The van der Waals surface area contributed by atoms with E-state index in [1.807, 2.05) is 30.3 Å². The number of benzene rings is 3. The van der Waals surface area contributed by atoms with Gasteiger partial charge in [0.25, 0.3) is 0 Å². The first-order valence-corrected chi connectivity index (χ1v) is 14.9. The highest BCUT2D eigenvalue weighted by Gasteiger charge is 2.30. The van der Waals surface area contributed by atoms with Crippen molar-refractivity contribution in [1.82, 2.24) is 4.98 Å². The first kappa shape index (κ1) is 29.8. The van der Waals surface area contributed by atoms with E-state index in [9.17, 15) is 18.3 Å². The second kappa shape index (κ2) is 11.8. The predicted octanol–water partition coefficient (Wildman–Crippen LogP) is 5.50. The zero-order valence-electron chi connectivity index (χ0n) is 23.9. The van der Waals surface area contributed by atoms with Gasteiger partial charge in [0.15, 0.2) is 5.88 Å². The van der Waals surface area contributed by atoms with Crippen molar-refractivity contribution in [3.63, 3.8) is 0 Å². The minimum Gasteiger partial charge on any atom is -0.494 e. The SMILES string of the molecule is CCOC(=O)c1ccc2c(C(=Nc3ccc(N(CC(C)(C)N)S(=O)(=O)C(C)C)cc3)c3ccccc3)c(O)[nH]c2c1. The van der Waals surface area contributed by atoms with Gasteiger partial charge in [0, 0.05) is 22.0 Å². The summed E-state index contributed by atoms with van der Waals surface area (Å²) in [5, 5.41) is 11.1. The van der Waals surface area contributed by atoms with Crippen molar-refractivity contribution < 1.29 is 23.1 Å². The number of ether oxygens (including phenoxy) is 1. The van der Waals surface area contributed by atoms with Crippen LogP contribution in [0.2, 0.25) is 0 Å². The molecule has 3 aromatic carbocycles. The van der Waals surface area contributed by atoms with Crippen molar-refractivity contribution in [1.29, 1.82) is 0 Å². The lowest BCUT2D eigenvalue weighted by Crippen LogP contribution is -2.49. The number of hydrogen-bond donors (Lipinski definition) is 3. The highest BCUT2D eigenvalue weighted by Crippen LogP contribution is 2.33. The number of carbonyl (C=O) groups is 1. The minimum absolute atomic E-state index is 0.0976. The van der Waals surface area contributed by atoms with Crippen molar-refractivity contribution in [2.24, 2.45) is 10.7 Å². The monoisotopic (exact) mass is 576 g/mol. The number of esters is 1. The number of rotatable bonds is 10. The first-order chi connectivity index (χ1) is 19.3. The predicted molar refractivity (Wildman–Crippen MR) is 164 cm³/mol. The second-order valence-electron chi connectivity index (χ2n) is 10.8. The van der Waals surface area contributed by atoms with Crippen LogP contribution in [0.4, 0.5) is 11.4 Å². The van der Waals surface area contributed by atoms with Crippen LogP contribution in [0.5, 0.6) is 5.88 Å². The summed E-state index contributed by atoms with van der Waals surface area (Å²) in [4.78, 5) is 20.1. The largest absolute Gasteiger partial charge is 0.494 e. The summed E-state index contributed by atoms with van der Waals surface area (Å²) in [5.41, 5.74) is 9.15. The molecule has 216 valence electrons. The van der Waals surface area contributed by atoms with Crippen molar-refractivity contribution in [3.05, 3.63) is 89.5 Å². The number of fused-ring (bicyclic) bond motifs is 1. The fourth-order valence-electron chi connectivity index (χ4n) is 4.40. The summed E-state index contributed by atoms with van der Waals surface area (Å²) < 4.78 is 32.8. The van der Waals surface area contributed by atoms with E-state index in [1.54, 1.807) is 77.1 Å². The lowest BCUT2D eigenvalue weighted by atomic mass is 10.00. The summed E-state index contributed by atoms with van der Waals surface area (Å²) in [6.45, 7) is 8.95. The van der Waals surface area contributed by atoms with Gasteiger partial charge < -0.3 is 20.6 Å². The number of anilines is 1. The number of nitrogens with one attached hydrogen (secondary N) is 1. The fourth-order valence-corrected chi connectivity index (χ4v) is 5.84. The Kier molecular flexibility index (Phi) is 8.55. The smallest absolute Gasteiger partial charge is 0.338 e. The van der Waals surface area contributed by atoms with Crippen LogP contribution in [0.15, 0.2) is 77.8 Å². The Morgan fingerprint density at radius 1 is 1.05 bits per heavy atom. The standard InChI is InChI=1S/C31H36N4O5S/c1-6-40-30(37)22-12-17-25-26(18-22)34-29(36)27(25)28(21-10-8-7-9-11-21)33-23-13-15-24(16-14-23)35(19-31(4,5)32)41(38,39)20(2)3/h7-18,20,34,36H,6,19,32H2,1-5H3. The van der Waals surface area contributed by atoms with Gasteiger partial charge in [-0.1, -0.05) is 36.4 Å². The van der Waals surface area contributed by atoms with Gasteiger partial charge in [-0.2, -0.15) is 0 Å². The Morgan fingerprint density at radius 3 is 2.29 bits per heavy atom. The highest BCUT2D eigenvalue weighted by atomic mass is 32.2. The van der Waals surface area contributed by atoms with Gasteiger partial charge in [0.1, 0.15) is 0 Å². The second-order valence-corrected chi connectivity index (χ2v) is 13.2. The first-order valence-electron chi connectivity index (χ1n) is 13.4. The number of aromatic amines is 1. The third kappa shape index (κ3) is 6.61. The molecule has 0 aliphatic heterocycles. The average molecular weight is 577 g/mol. The van der Waals surface area contributed by atoms with Crippen LogP contribution >= 0.6 is 0 Å². The van der Waals surface area contributed by atoms with E-state index in [0.717, 1.165) is 5.56 Å². The van der Waals surface area contributed by atoms with Crippen LogP contribution in [0.1, 0.15) is 56.1 Å². The molecule has 0 aliphatic rings. The van der Waals surface area contributed by atoms with Crippen LogP contribution < -0.4 is 10.0 Å². The summed E-state index contributed by atoms with van der Waals surface area (Å²) >= 11 is 0. The molecule has 1 heterocycles. The zero-order valence-corrected chi connectivity index (χ0v) is 24.7. The summed E-state index contributed by atoms with van der Waals surface area (Å²) in [7, 11) is -3.64. The van der Waals surface area contributed by atoms with Crippen LogP contribution in [-0.2, 0) is 14.8 Å². The fraction of sp³-hybridized carbons (Fsp3) is 0.290. The third-order valence-corrected chi connectivity index (χ3v) is 8.55. The Bertz CT molecular complexity index is 1670. The topological polar surface area (TPSA) is 138 Å². The Hall–Kier alpha value is -4.15. The van der Waals surface area contributed by atoms with Crippen LogP contribution in [-0.4, -0.2) is 54.1 Å². The maximum Gasteiger partial charge on any atom is 0.338 e. The molecule has 4 N–H and O–H groups in total. The van der Waals surface area contributed by atoms with Crippen molar-refractivity contribution in [3.8, 4) is 5.88 Å². The highest BCUT2D eigenvalue weighted by molar-refractivity contribution is 7.93. The quantitative estimate of drug-likeness (QED) is 0.168. The van der Waals surface area contributed by atoms with E-state index in [2.05, 4.69) is 4.98 Å². The molecule has 0 saturated carbocycles. The summed E-state index contributed by atoms with van der Waals surface area (Å²) in [6, 6.07) is 21.3. The molecule has 4 aromatic rings. The lowest BCUT2D eigenvalue weighted by Gasteiger charge is -2.32.